The lowest BCUT2D eigenvalue weighted by Crippen LogP contribution is -2.25. The molecule has 1 N–H and O–H groups in total. The maximum Gasteiger partial charge on any atom is 0.262 e. The Labute approximate surface area is 161 Å². The van der Waals surface area contributed by atoms with E-state index in [9.17, 15) is 9.59 Å². The number of carbonyl (C=O) groups is 1. The van der Waals surface area contributed by atoms with E-state index in [1.54, 1.807) is 15.3 Å². The Hall–Kier alpha value is -2.61. The minimum Gasteiger partial charge on any atom is -0.322 e. The van der Waals surface area contributed by atoms with Crippen molar-refractivity contribution >= 4 is 34.3 Å². The molecule has 0 atom stereocenters. The van der Waals surface area contributed by atoms with Gasteiger partial charge < -0.3 is 5.32 Å². The zero-order valence-corrected chi connectivity index (χ0v) is 16.9. The monoisotopic (exact) mass is 385 g/mol. The summed E-state index contributed by atoms with van der Waals surface area (Å²) in [5.74, 6) is 0.00237. The van der Waals surface area contributed by atoms with Gasteiger partial charge in [-0.3, -0.25) is 18.8 Å². The van der Waals surface area contributed by atoms with Crippen molar-refractivity contribution in [2.24, 2.45) is 7.05 Å². The van der Waals surface area contributed by atoms with Crippen LogP contribution in [0.1, 0.15) is 31.3 Å². The number of hydrogen-bond acceptors (Lipinski definition) is 5. The molecule has 1 aromatic carbocycles. The number of rotatable bonds is 5. The van der Waals surface area contributed by atoms with Crippen LogP contribution in [0.2, 0.25) is 0 Å². The molecule has 0 aliphatic carbocycles. The number of anilines is 1. The predicted octanol–water partition coefficient (Wildman–Crippen LogP) is 3.06. The number of nitrogens with one attached hydrogen (secondary N) is 1. The smallest absolute Gasteiger partial charge is 0.262 e. The number of para-hydroxylation sites is 1. The number of nitrogens with zero attached hydrogens (tertiary/aromatic N) is 4. The first-order valence-corrected chi connectivity index (χ1v) is 9.72. The summed E-state index contributed by atoms with van der Waals surface area (Å²) in [5, 5.41) is 8.34. The first-order chi connectivity index (χ1) is 12.8. The third-order valence-corrected chi connectivity index (χ3v) is 5.35. The van der Waals surface area contributed by atoms with E-state index in [4.69, 9.17) is 0 Å². The summed E-state index contributed by atoms with van der Waals surface area (Å²) in [7, 11) is 1.84. The fourth-order valence-corrected chi connectivity index (χ4v) is 3.87. The highest BCUT2D eigenvalue weighted by Crippen LogP contribution is 2.22. The van der Waals surface area contributed by atoms with Crippen LogP contribution >= 0.6 is 11.8 Å². The Kier molecular flexibility index (Phi) is 5.36. The molecule has 142 valence electrons. The van der Waals surface area contributed by atoms with Crippen molar-refractivity contribution in [3.8, 4) is 0 Å². The van der Waals surface area contributed by atoms with E-state index in [-0.39, 0.29) is 23.3 Å². The van der Waals surface area contributed by atoms with Gasteiger partial charge >= 0.3 is 0 Å². The van der Waals surface area contributed by atoms with Gasteiger partial charge in [0, 0.05) is 13.1 Å². The molecular weight excluding hydrogens is 362 g/mol. The summed E-state index contributed by atoms with van der Waals surface area (Å²) < 4.78 is 3.38. The summed E-state index contributed by atoms with van der Waals surface area (Å²) in [5.41, 5.74) is 2.96. The first kappa shape index (κ1) is 19.2. The normalized spacial score (nSPS) is 11.3. The lowest BCUT2D eigenvalue weighted by atomic mass is 10.2. The SMILES string of the molecule is Cc1nn(C)c(C)c1NC(=O)CSc1nc2ccccc2c(=O)n1C(C)C. The fourth-order valence-electron chi connectivity index (χ4n) is 2.94. The molecule has 3 rings (SSSR count). The molecule has 8 heteroatoms. The Morgan fingerprint density at radius 1 is 1.26 bits per heavy atom. The van der Waals surface area contributed by atoms with E-state index in [1.165, 1.54) is 11.8 Å². The minimum atomic E-state index is -0.156. The Morgan fingerprint density at radius 2 is 1.96 bits per heavy atom. The Balaban J connectivity index is 1.85. The molecule has 0 unspecified atom stereocenters. The van der Waals surface area contributed by atoms with Crippen LogP contribution in [-0.2, 0) is 11.8 Å². The van der Waals surface area contributed by atoms with Gasteiger partial charge in [-0.15, -0.1) is 0 Å². The zero-order valence-electron chi connectivity index (χ0n) is 16.1. The van der Waals surface area contributed by atoms with Gasteiger partial charge in [0.25, 0.3) is 5.56 Å². The van der Waals surface area contributed by atoms with Crippen molar-refractivity contribution < 1.29 is 4.79 Å². The summed E-state index contributed by atoms with van der Waals surface area (Å²) >= 11 is 1.26. The number of fused-ring (bicyclic) bond motifs is 1. The average Bonchev–Trinajstić information content (AvgIpc) is 2.86. The van der Waals surface area contributed by atoms with Gasteiger partial charge in [0.2, 0.25) is 5.91 Å². The van der Waals surface area contributed by atoms with E-state index >= 15 is 0 Å². The zero-order chi connectivity index (χ0) is 19.7. The quantitative estimate of drug-likeness (QED) is 0.539. The minimum absolute atomic E-state index is 0.0528. The molecule has 0 fully saturated rings. The third-order valence-electron chi connectivity index (χ3n) is 4.40. The van der Waals surface area contributed by atoms with Crippen LogP contribution in [0, 0.1) is 13.8 Å². The molecule has 3 aromatic rings. The van der Waals surface area contributed by atoms with Crippen LogP contribution in [0.3, 0.4) is 0 Å². The molecule has 0 aliphatic heterocycles. The van der Waals surface area contributed by atoms with Gasteiger partial charge in [-0.25, -0.2) is 4.98 Å². The molecule has 7 nitrogen and oxygen atoms in total. The molecule has 2 aromatic heterocycles. The summed E-state index contributed by atoms with van der Waals surface area (Å²) in [6, 6.07) is 7.22. The van der Waals surface area contributed by atoms with Gasteiger partial charge in [-0.1, -0.05) is 23.9 Å². The average molecular weight is 385 g/mol. The van der Waals surface area contributed by atoms with Crippen LogP contribution < -0.4 is 10.9 Å². The standard InChI is InChI=1S/C19H23N5O2S/c1-11(2)24-18(26)14-8-6-7-9-15(14)20-19(24)27-10-16(25)21-17-12(3)22-23(5)13(17)4/h6-9,11H,10H2,1-5H3,(H,21,25). The summed E-state index contributed by atoms with van der Waals surface area (Å²) in [6.45, 7) is 7.63. The second-order valence-corrected chi connectivity index (χ2v) is 7.63. The van der Waals surface area contributed by atoms with Crippen molar-refractivity contribution in [1.82, 2.24) is 19.3 Å². The van der Waals surface area contributed by atoms with Crippen LogP contribution in [0.25, 0.3) is 10.9 Å². The van der Waals surface area contributed by atoms with Gasteiger partial charge in [0.05, 0.1) is 33.7 Å². The molecule has 0 saturated heterocycles. The van der Waals surface area contributed by atoms with E-state index < -0.39 is 0 Å². The van der Waals surface area contributed by atoms with Crippen molar-refractivity contribution in [3.05, 3.63) is 46.0 Å². The fraction of sp³-hybridized carbons (Fsp3) is 0.368. The maximum atomic E-state index is 12.8. The number of thioether (sulfide) groups is 1. The van der Waals surface area contributed by atoms with Gasteiger partial charge in [-0.05, 0) is 39.8 Å². The molecule has 2 heterocycles. The maximum absolute atomic E-state index is 12.8. The number of amides is 1. The second-order valence-electron chi connectivity index (χ2n) is 6.69. The Bertz CT molecular complexity index is 1070. The van der Waals surface area contributed by atoms with Gasteiger partial charge in [-0.2, -0.15) is 5.10 Å². The molecule has 0 bridgehead atoms. The largest absolute Gasteiger partial charge is 0.322 e. The summed E-state index contributed by atoms with van der Waals surface area (Å²) in [6.07, 6.45) is 0. The molecule has 0 aliphatic rings. The highest BCUT2D eigenvalue weighted by atomic mass is 32.2. The summed E-state index contributed by atoms with van der Waals surface area (Å²) in [4.78, 5) is 29.9. The molecule has 1 amide bonds. The number of benzene rings is 1. The van der Waals surface area contributed by atoms with E-state index in [0.29, 0.717) is 16.1 Å². The molecule has 0 saturated carbocycles. The van der Waals surface area contributed by atoms with Crippen LogP contribution in [0.15, 0.2) is 34.2 Å². The number of aromatic nitrogens is 4. The Morgan fingerprint density at radius 3 is 2.59 bits per heavy atom. The van der Waals surface area contributed by atoms with Gasteiger partial charge in [0.15, 0.2) is 5.16 Å². The van der Waals surface area contributed by atoms with E-state index in [2.05, 4.69) is 15.4 Å². The number of aryl methyl sites for hydroxylation is 2. The first-order valence-electron chi connectivity index (χ1n) is 8.73. The molecule has 27 heavy (non-hydrogen) atoms. The highest BCUT2D eigenvalue weighted by molar-refractivity contribution is 7.99. The molecular formula is C19H23N5O2S. The van der Waals surface area contributed by atoms with Crippen molar-refractivity contribution in [2.45, 2.75) is 38.9 Å². The van der Waals surface area contributed by atoms with Crippen LogP contribution in [-0.4, -0.2) is 31.0 Å². The van der Waals surface area contributed by atoms with E-state index in [1.807, 2.05) is 52.9 Å². The molecule has 0 spiro atoms. The highest BCUT2D eigenvalue weighted by Gasteiger charge is 2.17. The topological polar surface area (TPSA) is 81.8 Å². The molecule has 0 radical (unpaired) electrons. The van der Waals surface area contributed by atoms with Crippen molar-refractivity contribution in [2.75, 3.05) is 11.1 Å². The van der Waals surface area contributed by atoms with Crippen LogP contribution in [0.4, 0.5) is 5.69 Å². The van der Waals surface area contributed by atoms with E-state index in [0.717, 1.165) is 17.1 Å². The second kappa shape index (κ2) is 7.56. The third kappa shape index (κ3) is 3.75. The van der Waals surface area contributed by atoms with Crippen molar-refractivity contribution in [1.29, 1.82) is 0 Å². The lowest BCUT2D eigenvalue weighted by molar-refractivity contribution is -0.113. The van der Waals surface area contributed by atoms with Crippen LogP contribution in [0.5, 0.6) is 0 Å². The van der Waals surface area contributed by atoms with Gasteiger partial charge in [0.1, 0.15) is 0 Å². The number of carbonyl (C=O) groups excluding carboxylic acids is 1. The predicted molar refractivity (Wildman–Crippen MR) is 108 cm³/mol. The lowest BCUT2D eigenvalue weighted by Gasteiger charge is -2.16. The number of hydrogen-bond donors (Lipinski definition) is 1. The van der Waals surface area contributed by atoms with Crippen molar-refractivity contribution in [3.63, 3.8) is 0 Å².